The highest BCUT2D eigenvalue weighted by Crippen LogP contribution is 2.14. The Morgan fingerprint density at radius 1 is 1.17 bits per heavy atom. The number of benzene rings is 1. The summed E-state index contributed by atoms with van der Waals surface area (Å²) < 4.78 is 9.11. The Balaban J connectivity index is 2.26. The second-order valence-electron chi connectivity index (χ2n) is 7.44. The molecule has 2 heterocycles. The molecule has 0 spiro atoms. The highest BCUT2D eigenvalue weighted by Gasteiger charge is 2.20. The lowest BCUT2D eigenvalue weighted by molar-refractivity contribution is -0.143. The minimum Gasteiger partial charge on any atom is -0.465 e. The zero-order chi connectivity index (χ0) is 21.1. The molecule has 2 aromatic heterocycles. The van der Waals surface area contributed by atoms with Crippen molar-refractivity contribution in [1.82, 2.24) is 18.7 Å². The molecule has 8 nitrogen and oxygen atoms in total. The van der Waals surface area contributed by atoms with Crippen molar-refractivity contribution in [2.75, 3.05) is 6.61 Å². The summed E-state index contributed by atoms with van der Waals surface area (Å²) in [6.07, 6.45) is 2.08. The fraction of sp³-hybridized carbons (Fsp3) is 0.429. The third-order valence-electron chi connectivity index (χ3n) is 4.73. The Morgan fingerprint density at radius 2 is 1.86 bits per heavy atom. The van der Waals surface area contributed by atoms with Gasteiger partial charge in [-0.2, -0.15) is 0 Å². The first-order chi connectivity index (χ1) is 13.8. The lowest BCUT2D eigenvalue weighted by atomic mass is 10.1. The molecule has 0 amide bonds. The molecule has 0 aliphatic carbocycles. The summed E-state index contributed by atoms with van der Waals surface area (Å²) >= 11 is 0. The fourth-order valence-electron chi connectivity index (χ4n) is 3.16. The van der Waals surface area contributed by atoms with Crippen LogP contribution in [-0.4, -0.2) is 31.3 Å². The molecular formula is C21H26N4O4. The first-order valence-electron chi connectivity index (χ1n) is 9.76. The van der Waals surface area contributed by atoms with Gasteiger partial charge in [-0.25, -0.2) is 14.3 Å². The molecule has 0 aliphatic heterocycles. The Hall–Kier alpha value is -3.16. The molecule has 0 radical (unpaired) electrons. The zero-order valence-electron chi connectivity index (χ0n) is 17.2. The minimum atomic E-state index is -0.465. The first kappa shape index (κ1) is 20.6. The molecule has 0 atom stereocenters. The van der Waals surface area contributed by atoms with Gasteiger partial charge in [0.2, 0.25) is 0 Å². The third kappa shape index (κ3) is 4.16. The van der Waals surface area contributed by atoms with Gasteiger partial charge < -0.3 is 9.30 Å². The molecule has 8 heteroatoms. The predicted octanol–water partition coefficient (Wildman–Crippen LogP) is 2.27. The highest BCUT2D eigenvalue weighted by molar-refractivity contribution is 5.76. The first-order valence-corrected chi connectivity index (χ1v) is 9.76. The van der Waals surface area contributed by atoms with Crippen molar-refractivity contribution in [3.8, 4) is 5.69 Å². The van der Waals surface area contributed by atoms with Gasteiger partial charge in [-0.15, -0.1) is 0 Å². The van der Waals surface area contributed by atoms with Gasteiger partial charge in [0.15, 0.2) is 11.2 Å². The molecular weight excluding hydrogens is 372 g/mol. The molecule has 3 rings (SSSR count). The number of esters is 1. The summed E-state index contributed by atoms with van der Waals surface area (Å²) in [6, 6.07) is 7.43. The summed E-state index contributed by atoms with van der Waals surface area (Å²) in [4.78, 5) is 42.6. The van der Waals surface area contributed by atoms with Gasteiger partial charge in [-0.05, 0) is 38.3 Å². The van der Waals surface area contributed by atoms with Crippen LogP contribution in [0.25, 0.3) is 16.9 Å². The van der Waals surface area contributed by atoms with Gasteiger partial charge in [0.1, 0.15) is 6.54 Å². The van der Waals surface area contributed by atoms with Crippen molar-refractivity contribution in [2.24, 2.45) is 5.92 Å². The van der Waals surface area contributed by atoms with Crippen molar-refractivity contribution in [3.63, 3.8) is 0 Å². The summed E-state index contributed by atoms with van der Waals surface area (Å²) in [5.41, 5.74) is 1.23. The number of rotatable bonds is 7. The van der Waals surface area contributed by atoms with Crippen molar-refractivity contribution >= 4 is 17.1 Å². The number of imidazole rings is 1. The van der Waals surface area contributed by atoms with Gasteiger partial charge >= 0.3 is 11.7 Å². The van der Waals surface area contributed by atoms with E-state index >= 15 is 0 Å². The maximum absolute atomic E-state index is 13.2. The second-order valence-corrected chi connectivity index (χ2v) is 7.44. The van der Waals surface area contributed by atoms with E-state index < -0.39 is 17.2 Å². The van der Waals surface area contributed by atoms with Crippen molar-refractivity contribution in [1.29, 1.82) is 0 Å². The molecule has 0 bridgehead atoms. The van der Waals surface area contributed by atoms with Crippen LogP contribution in [0, 0.1) is 12.8 Å². The number of hydrogen-bond donors (Lipinski definition) is 0. The fourth-order valence-corrected chi connectivity index (χ4v) is 3.16. The minimum absolute atomic E-state index is 0.143. The molecule has 1 aromatic carbocycles. The maximum atomic E-state index is 13.2. The highest BCUT2D eigenvalue weighted by atomic mass is 16.5. The number of carbonyl (C=O) groups is 1. The number of fused-ring (bicyclic) bond motifs is 1. The van der Waals surface area contributed by atoms with Gasteiger partial charge in [0.05, 0.1) is 18.6 Å². The molecule has 0 saturated carbocycles. The van der Waals surface area contributed by atoms with E-state index in [0.29, 0.717) is 24.6 Å². The van der Waals surface area contributed by atoms with E-state index in [0.717, 1.165) is 5.56 Å². The Morgan fingerprint density at radius 3 is 2.48 bits per heavy atom. The van der Waals surface area contributed by atoms with Crippen LogP contribution in [0.4, 0.5) is 0 Å². The quantitative estimate of drug-likeness (QED) is 0.570. The van der Waals surface area contributed by atoms with Gasteiger partial charge in [0, 0.05) is 6.54 Å². The Labute approximate surface area is 168 Å². The largest absolute Gasteiger partial charge is 0.465 e. The normalized spacial score (nSPS) is 11.3. The number of ether oxygens (including phenoxy) is 1. The molecule has 29 heavy (non-hydrogen) atoms. The summed E-state index contributed by atoms with van der Waals surface area (Å²) in [5, 5.41) is 0. The number of nitrogens with zero attached hydrogens (tertiary/aromatic N) is 4. The topological polar surface area (TPSA) is 88.1 Å². The van der Waals surface area contributed by atoms with Crippen molar-refractivity contribution in [2.45, 2.75) is 47.2 Å². The molecule has 0 unspecified atom stereocenters. The van der Waals surface area contributed by atoms with E-state index in [1.54, 1.807) is 6.92 Å². The van der Waals surface area contributed by atoms with Crippen molar-refractivity contribution in [3.05, 3.63) is 57.0 Å². The monoisotopic (exact) mass is 398 g/mol. The van der Waals surface area contributed by atoms with Gasteiger partial charge in [-0.1, -0.05) is 31.5 Å². The van der Waals surface area contributed by atoms with Crippen LogP contribution >= 0.6 is 0 Å². The lowest BCUT2D eigenvalue weighted by Crippen LogP contribution is -2.40. The average molecular weight is 398 g/mol. The number of carbonyl (C=O) groups excluding carboxylic acids is 1. The zero-order valence-corrected chi connectivity index (χ0v) is 17.2. The standard InChI is InChI=1S/C21H26N4O4/c1-5-29-17(26)12-23-13-22-19-18(23)20(27)24(11-10-14(2)3)21(28)25(19)16-8-6-15(4)7-9-16/h6-9,13-14H,5,10-12H2,1-4H3. The van der Waals surface area contributed by atoms with E-state index in [-0.39, 0.29) is 24.3 Å². The van der Waals surface area contributed by atoms with Crippen LogP contribution in [0.1, 0.15) is 32.8 Å². The lowest BCUT2D eigenvalue weighted by Gasteiger charge is -2.13. The van der Waals surface area contributed by atoms with Crippen LogP contribution < -0.4 is 11.2 Å². The smallest absolute Gasteiger partial charge is 0.337 e. The predicted molar refractivity (Wildman–Crippen MR) is 110 cm³/mol. The summed E-state index contributed by atoms with van der Waals surface area (Å²) in [5.74, 6) is -0.137. The number of aryl methyl sites for hydroxylation is 1. The van der Waals surface area contributed by atoms with Crippen LogP contribution in [0.5, 0.6) is 0 Å². The van der Waals surface area contributed by atoms with E-state index in [1.165, 1.54) is 20.0 Å². The van der Waals surface area contributed by atoms with Gasteiger partial charge in [0.25, 0.3) is 5.56 Å². The number of aromatic nitrogens is 4. The van der Waals surface area contributed by atoms with Crippen LogP contribution in [0.2, 0.25) is 0 Å². The number of hydrogen-bond acceptors (Lipinski definition) is 5. The molecule has 0 saturated heterocycles. The van der Waals surface area contributed by atoms with E-state index in [9.17, 15) is 14.4 Å². The SMILES string of the molecule is CCOC(=O)Cn1cnc2c1c(=O)n(CCC(C)C)c(=O)n2-c1ccc(C)cc1. The molecule has 0 N–H and O–H groups in total. The van der Waals surface area contributed by atoms with E-state index in [2.05, 4.69) is 4.98 Å². The second kappa shape index (κ2) is 8.46. The van der Waals surface area contributed by atoms with E-state index in [4.69, 9.17) is 4.74 Å². The van der Waals surface area contributed by atoms with Crippen LogP contribution in [-0.2, 0) is 22.6 Å². The molecule has 0 aliphatic rings. The van der Waals surface area contributed by atoms with Crippen molar-refractivity contribution < 1.29 is 9.53 Å². The Kier molecular flexibility index (Phi) is 6.00. The van der Waals surface area contributed by atoms with Crippen LogP contribution in [0.3, 0.4) is 0 Å². The summed E-state index contributed by atoms with van der Waals surface area (Å²) in [6.45, 7) is 8.15. The molecule has 3 aromatic rings. The molecule has 154 valence electrons. The van der Waals surface area contributed by atoms with Crippen LogP contribution in [0.15, 0.2) is 40.2 Å². The molecule has 0 fully saturated rings. The summed E-state index contributed by atoms with van der Waals surface area (Å²) in [7, 11) is 0. The third-order valence-corrected chi connectivity index (χ3v) is 4.73. The van der Waals surface area contributed by atoms with E-state index in [1.807, 2.05) is 45.0 Å². The Bertz CT molecular complexity index is 1140. The average Bonchev–Trinajstić information content (AvgIpc) is 3.06. The van der Waals surface area contributed by atoms with Gasteiger partial charge in [-0.3, -0.25) is 14.2 Å². The maximum Gasteiger partial charge on any atom is 0.337 e.